The molecule has 28 valence electrons. The van der Waals surface area contributed by atoms with Crippen LogP contribution in [0.5, 0.6) is 0 Å². The Hall–Kier alpha value is 2.43. The SMILES string of the molecule is [K].[O]=[Co].[O]=[Mo]. The molecular formula is CoKMoO2. The van der Waals surface area contributed by atoms with Crippen LogP contribution in [-0.4, -0.2) is 51.4 Å². The molecule has 5 heteroatoms. The van der Waals surface area contributed by atoms with Gasteiger partial charge in [0.2, 0.25) is 0 Å². The zero-order chi connectivity index (χ0) is 4.00. The van der Waals surface area contributed by atoms with E-state index in [4.69, 9.17) is 7.26 Å². The van der Waals surface area contributed by atoms with E-state index in [1.54, 1.807) is 0 Å². The van der Waals surface area contributed by atoms with E-state index < -0.39 is 0 Å². The molecule has 0 amide bonds. The van der Waals surface area contributed by atoms with Gasteiger partial charge in [0.05, 0.1) is 0 Å². The summed E-state index contributed by atoms with van der Waals surface area (Å²) in [6.45, 7) is 0. The number of hydrogen-bond donors (Lipinski definition) is 0. The van der Waals surface area contributed by atoms with Crippen molar-refractivity contribution in [1.82, 2.24) is 0 Å². The molecule has 0 aliphatic rings. The molecule has 0 aromatic rings. The van der Waals surface area contributed by atoms with Crippen molar-refractivity contribution in [3.05, 3.63) is 0 Å². The van der Waals surface area contributed by atoms with Crippen LogP contribution in [0.4, 0.5) is 0 Å². The van der Waals surface area contributed by atoms with Gasteiger partial charge in [-0.1, -0.05) is 0 Å². The van der Waals surface area contributed by atoms with Gasteiger partial charge in [-0.25, -0.2) is 0 Å². The van der Waals surface area contributed by atoms with E-state index in [0.29, 0.717) is 19.8 Å². The summed E-state index contributed by atoms with van der Waals surface area (Å²) >= 11 is 3.01. The second kappa shape index (κ2) is 32.1. The van der Waals surface area contributed by atoms with Gasteiger partial charge < -0.3 is 0 Å². The normalized spacial score (nSPS) is 1.80. The zero-order valence-corrected chi connectivity index (χ0v) is 8.73. The van der Waals surface area contributed by atoms with Crippen LogP contribution in [0.3, 0.4) is 0 Å². The molecule has 0 saturated carbocycles. The minimum absolute atomic E-state index is 0. The van der Waals surface area contributed by atoms with E-state index >= 15 is 0 Å². The fourth-order valence-electron chi connectivity index (χ4n) is 0. The van der Waals surface area contributed by atoms with Crippen LogP contribution in [-0.2, 0) is 42.7 Å². The molecule has 0 aliphatic carbocycles. The third kappa shape index (κ3) is 21.4. The maximum atomic E-state index is 8.26. The predicted molar refractivity (Wildman–Crippen MR) is 7.13 cm³/mol. The van der Waals surface area contributed by atoms with Crippen LogP contribution < -0.4 is 0 Å². The standard InChI is InChI=1S/Co.K.Mo.2O. The first-order valence-electron chi connectivity index (χ1n) is 0.303. The van der Waals surface area contributed by atoms with Crippen LogP contribution in [0.2, 0.25) is 0 Å². The van der Waals surface area contributed by atoms with Gasteiger partial charge in [0.25, 0.3) is 0 Å². The molecule has 0 unspecified atom stereocenters. The molecular weight excluding hydrogens is 226 g/mol. The molecule has 0 saturated heterocycles. The van der Waals surface area contributed by atoms with E-state index in [0.717, 1.165) is 0 Å². The van der Waals surface area contributed by atoms with Crippen LogP contribution in [0, 0.1) is 0 Å². The molecule has 0 heterocycles. The van der Waals surface area contributed by atoms with E-state index in [1.807, 2.05) is 0 Å². The van der Waals surface area contributed by atoms with Crippen molar-refractivity contribution in [3.63, 3.8) is 0 Å². The van der Waals surface area contributed by atoms with Gasteiger partial charge in [-0.2, -0.15) is 0 Å². The van der Waals surface area contributed by atoms with Crippen LogP contribution >= 0.6 is 0 Å². The van der Waals surface area contributed by atoms with Crippen molar-refractivity contribution >= 4 is 51.4 Å². The van der Waals surface area contributed by atoms with Crippen molar-refractivity contribution in [2.75, 3.05) is 0 Å². The Labute approximate surface area is 91.9 Å². The predicted octanol–water partition coefficient (Wildman–Crippen LogP) is -0.623. The van der Waals surface area contributed by atoms with Crippen LogP contribution in [0.1, 0.15) is 0 Å². The summed E-state index contributed by atoms with van der Waals surface area (Å²) in [7, 11) is 0. The molecule has 5 heavy (non-hydrogen) atoms. The molecule has 0 rings (SSSR count). The fraction of sp³-hybridized carbons (Fsp3) is 0. The van der Waals surface area contributed by atoms with Gasteiger partial charge in [0.15, 0.2) is 0 Å². The Balaban J connectivity index is -0.0000000133. The molecule has 0 bridgehead atoms. The number of rotatable bonds is 0. The fourth-order valence-corrected chi connectivity index (χ4v) is 0. The van der Waals surface area contributed by atoms with Crippen LogP contribution in [0.25, 0.3) is 0 Å². The first-order valence-corrected chi connectivity index (χ1v) is 1.55. The maximum absolute atomic E-state index is 8.26. The zero-order valence-electron chi connectivity index (χ0n) is 2.56. The Bertz CT molecular complexity index is 11.6. The Morgan fingerprint density at radius 1 is 1.20 bits per heavy atom. The van der Waals surface area contributed by atoms with Crippen molar-refractivity contribution in [3.8, 4) is 0 Å². The van der Waals surface area contributed by atoms with Crippen molar-refractivity contribution in [2.24, 2.45) is 0 Å². The van der Waals surface area contributed by atoms with E-state index in [-0.39, 0.29) is 51.4 Å². The molecule has 0 aromatic carbocycles. The minimum atomic E-state index is 0. The van der Waals surface area contributed by atoms with Gasteiger partial charge in [-0.15, -0.1) is 0 Å². The molecule has 1 radical (unpaired) electrons. The molecule has 0 aromatic heterocycles. The van der Waals surface area contributed by atoms with Gasteiger partial charge in [0, 0.05) is 51.4 Å². The monoisotopic (exact) mass is 228 g/mol. The Morgan fingerprint density at radius 2 is 1.20 bits per heavy atom. The van der Waals surface area contributed by atoms with Gasteiger partial charge >= 0.3 is 42.7 Å². The quantitative estimate of drug-likeness (QED) is 0.515. The van der Waals surface area contributed by atoms with Crippen molar-refractivity contribution in [1.29, 1.82) is 0 Å². The average Bonchev–Trinajstić information content (AvgIpc) is 1.50. The first kappa shape index (κ1) is 15.7. The molecule has 0 N–H and O–H groups in total. The second-order valence-electron chi connectivity index (χ2n) is 0. The van der Waals surface area contributed by atoms with Gasteiger partial charge in [0.1, 0.15) is 0 Å². The molecule has 0 aliphatic heterocycles. The van der Waals surface area contributed by atoms with E-state index in [1.165, 1.54) is 0 Å². The molecule has 2 nitrogen and oxygen atoms in total. The summed E-state index contributed by atoms with van der Waals surface area (Å²) < 4.78 is 16.2. The molecule has 0 atom stereocenters. The summed E-state index contributed by atoms with van der Waals surface area (Å²) in [5.74, 6) is 0. The van der Waals surface area contributed by atoms with Crippen LogP contribution in [0.15, 0.2) is 0 Å². The summed E-state index contributed by atoms with van der Waals surface area (Å²) in [5, 5.41) is 0. The second-order valence-corrected chi connectivity index (χ2v) is 0. The summed E-state index contributed by atoms with van der Waals surface area (Å²) in [5.41, 5.74) is 0. The average molecular weight is 226 g/mol. The molecule has 0 fully saturated rings. The van der Waals surface area contributed by atoms with E-state index in [2.05, 4.69) is 15.7 Å². The summed E-state index contributed by atoms with van der Waals surface area (Å²) in [6, 6.07) is 0. The van der Waals surface area contributed by atoms with Gasteiger partial charge in [-0.3, -0.25) is 0 Å². The third-order valence-corrected chi connectivity index (χ3v) is 0. The Kier molecular flexibility index (Phi) is 100. The first-order chi connectivity index (χ1) is 2.00. The molecule has 0 spiro atoms. The van der Waals surface area contributed by atoms with E-state index in [9.17, 15) is 0 Å². The topological polar surface area (TPSA) is 34.1 Å². The summed E-state index contributed by atoms with van der Waals surface area (Å²) in [4.78, 5) is 0. The van der Waals surface area contributed by atoms with Crippen molar-refractivity contribution in [2.45, 2.75) is 0 Å². The Morgan fingerprint density at radius 3 is 1.20 bits per heavy atom. The third-order valence-electron chi connectivity index (χ3n) is 0. The van der Waals surface area contributed by atoms with Crippen molar-refractivity contribution < 1.29 is 42.7 Å². The number of hydrogen-bond acceptors (Lipinski definition) is 2. The van der Waals surface area contributed by atoms with Gasteiger partial charge in [-0.05, 0) is 0 Å². The summed E-state index contributed by atoms with van der Waals surface area (Å²) in [6.07, 6.45) is 0.